The lowest BCUT2D eigenvalue weighted by atomic mass is 10.1. The van der Waals surface area contributed by atoms with Gasteiger partial charge in [0.2, 0.25) is 0 Å². The molecule has 0 atom stereocenters. The first-order valence-corrected chi connectivity index (χ1v) is 5.63. The molecule has 0 aliphatic heterocycles. The molecule has 0 spiro atoms. The van der Waals surface area contributed by atoms with E-state index >= 15 is 0 Å². The zero-order chi connectivity index (χ0) is 12.4. The molecule has 1 aromatic heterocycles. The molecule has 1 heterocycles. The molecule has 0 saturated carbocycles. The van der Waals surface area contributed by atoms with Gasteiger partial charge in [-0.25, -0.2) is 9.78 Å². The van der Waals surface area contributed by atoms with Crippen molar-refractivity contribution in [1.29, 1.82) is 0 Å². The third kappa shape index (κ3) is 2.45. The topological polar surface area (TPSA) is 76.2 Å². The van der Waals surface area contributed by atoms with Crippen LogP contribution in [0.2, 0.25) is 0 Å². The van der Waals surface area contributed by atoms with Crippen LogP contribution in [-0.2, 0) is 0 Å². The molecule has 5 heteroatoms. The molecular formula is C12H9BrN2O2. The van der Waals surface area contributed by atoms with E-state index in [1.54, 1.807) is 12.1 Å². The average molecular weight is 293 g/mol. The number of benzene rings is 1. The summed E-state index contributed by atoms with van der Waals surface area (Å²) in [5.41, 5.74) is 7.02. The van der Waals surface area contributed by atoms with Crippen molar-refractivity contribution in [2.45, 2.75) is 0 Å². The molecule has 0 radical (unpaired) electrons. The van der Waals surface area contributed by atoms with E-state index in [1.807, 2.05) is 24.3 Å². The van der Waals surface area contributed by atoms with E-state index in [0.717, 1.165) is 10.0 Å². The summed E-state index contributed by atoms with van der Waals surface area (Å²) in [4.78, 5) is 14.9. The SMILES string of the molecule is Nc1ccc(-c2ccc(Br)cc2)nc1C(=O)O. The van der Waals surface area contributed by atoms with Gasteiger partial charge in [0.1, 0.15) is 0 Å². The standard InChI is InChI=1S/C12H9BrN2O2/c13-8-3-1-7(2-4-8)10-6-5-9(14)11(15-10)12(16)17/h1-6H,14H2,(H,16,17). The van der Waals surface area contributed by atoms with Gasteiger partial charge in [-0.3, -0.25) is 0 Å². The lowest BCUT2D eigenvalue weighted by Gasteiger charge is -2.04. The Morgan fingerprint density at radius 2 is 1.82 bits per heavy atom. The van der Waals surface area contributed by atoms with Gasteiger partial charge >= 0.3 is 5.97 Å². The fourth-order valence-corrected chi connectivity index (χ4v) is 1.69. The van der Waals surface area contributed by atoms with Crippen LogP contribution < -0.4 is 5.73 Å². The molecule has 0 bridgehead atoms. The van der Waals surface area contributed by atoms with Gasteiger partial charge < -0.3 is 10.8 Å². The molecule has 2 aromatic rings. The average Bonchev–Trinajstić information content (AvgIpc) is 2.30. The van der Waals surface area contributed by atoms with Crippen LogP contribution in [0.15, 0.2) is 40.9 Å². The number of carboxylic acid groups (broad SMARTS) is 1. The van der Waals surface area contributed by atoms with E-state index in [1.165, 1.54) is 0 Å². The highest BCUT2D eigenvalue weighted by molar-refractivity contribution is 9.10. The van der Waals surface area contributed by atoms with Crippen molar-refractivity contribution in [1.82, 2.24) is 4.98 Å². The second kappa shape index (κ2) is 4.55. The van der Waals surface area contributed by atoms with Gasteiger partial charge in [-0.05, 0) is 24.3 Å². The number of rotatable bonds is 2. The number of carboxylic acids is 1. The Morgan fingerprint density at radius 1 is 1.18 bits per heavy atom. The van der Waals surface area contributed by atoms with Crippen molar-refractivity contribution in [2.24, 2.45) is 0 Å². The van der Waals surface area contributed by atoms with E-state index < -0.39 is 5.97 Å². The second-order valence-corrected chi connectivity index (χ2v) is 4.36. The molecule has 0 aliphatic carbocycles. The Bertz CT molecular complexity index is 567. The van der Waals surface area contributed by atoms with Crippen molar-refractivity contribution in [3.63, 3.8) is 0 Å². The number of aromatic carboxylic acids is 1. The lowest BCUT2D eigenvalue weighted by Crippen LogP contribution is -2.06. The van der Waals surface area contributed by atoms with Gasteiger partial charge in [-0.2, -0.15) is 0 Å². The van der Waals surface area contributed by atoms with Crippen molar-refractivity contribution >= 4 is 27.6 Å². The molecular weight excluding hydrogens is 284 g/mol. The van der Waals surface area contributed by atoms with Crippen LogP contribution >= 0.6 is 15.9 Å². The highest BCUT2D eigenvalue weighted by Gasteiger charge is 2.11. The van der Waals surface area contributed by atoms with Crippen molar-refractivity contribution in [3.05, 3.63) is 46.6 Å². The monoisotopic (exact) mass is 292 g/mol. The van der Waals surface area contributed by atoms with Crippen molar-refractivity contribution in [2.75, 3.05) is 5.73 Å². The third-order valence-electron chi connectivity index (χ3n) is 2.27. The fourth-order valence-electron chi connectivity index (χ4n) is 1.42. The predicted octanol–water partition coefficient (Wildman–Crippen LogP) is 2.79. The highest BCUT2D eigenvalue weighted by atomic mass is 79.9. The van der Waals surface area contributed by atoms with Crippen LogP contribution in [0.25, 0.3) is 11.3 Å². The summed E-state index contributed by atoms with van der Waals surface area (Å²) >= 11 is 3.33. The Morgan fingerprint density at radius 3 is 2.41 bits per heavy atom. The Balaban J connectivity index is 2.50. The molecule has 1 aromatic carbocycles. The summed E-state index contributed by atoms with van der Waals surface area (Å²) < 4.78 is 0.954. The molecule has 86 valence electrons. The number of anilines is 1. The summed E-state index contributed by atoms with van der Waals surface area (Å²) in [6, 6.07) is 10.7. The van der Waals surface area contributed by atoms with Crippen LogP contribution in [-0.4, -0.2) is 16.1 Å². The molecule has 0 amide bonds. The van der Waals surface area contributed by atoms with Gasteiger partial charge in [-0.1, -0.05) is 28.1 Å². The van der Waals surface area contributed by atoms with Crippen LogP contribution in [0, 0.1) is 0 Å². The number of nitrogens with zero attached hydrogens (tertiary/aromatic N) is 1. The summed E-state index contributed by atoms with van der Waals surface area (Å²) in [6.07, 6.45) is 0. The normalized spacial score (nSPS) is 10.2. The van der Waals surface area contributed by atoms with Gasteiger partial charge in [0.15, 0.2) is 5.69 Å². The predicted molar refractivity (Wildman–Crippen MR) is 68.7 cm³/mol. The molecule has 4 nitrogen and oxygen atoms in total. The summed E-state index contributed by atoms with van der Waals surface area (Å²) in [5, 5.41) is 8.93. The molecule has 17 heavy (non-hydrogen) atoms. The minimum Gasteiger partial charge on any atom is -0.476 e. The van der Waals surface area contributed by atoms with Crippen LogP contribution in [0.4, 0.5) is 5.69 Å². The van der Waals surface area contributed by atoms with E-state index in [9.17, 15) is 4.79 Å². The number of halogens is 1. The maximum atomic E-state index is 10.9. The van der Waals surface area contributed by atoms with E-state index in [-0.39, 0.29) is 11.4 Å². The minimum absolute atomic E-state index is 0.120. The summed E-state index contributed by atoms with van der Waals surface area (Å²) in [6.45, 7) is 0. The Hall–Kier alpha value is -1.88. The number of nitrogen functional groups attached to an aromatic ring is 1. The lowest BCUT2D eigenvalue weighted by molar-refractivity contribution is 0.0692. The number of carbonyl (C=O) groups is 1. The first kappa shape index (κ1) is 11.6. The maximum Gasteiger partial charge on any atom is 0.356 e. The summed E-state index contributed by atoms with van der Waals surface area (Å²) in [7, 11) is 0. The minimum atomic E-state index is -1.12. The molecule has 0 unspecified atom stereocenters. The molecule has 2 rings (SSSR count). The Labute approximate surface area is 106 Å². The highest BCUT2D eigenvalue weighted by Crippen LogP contribution is 2.22. The van der Waals surface area contributed by atoms with Crippen molar-refractivity contribution < 1.29 is 9.90 Å². The molecule has 0 saturated heterocycles. The number of hydrogen-bond donors (Lipinski definition) is 2. The van der Waals surface area contributed by atoms with Crippen LogP contribution in [0.3, 0.4) is 0 Å². The van der Waals surface area contributed by atoms with Crippen molar-refractivity contribution in [3.8, 4) is 11.3 Å². The number of nitrogens with two attached hydrogens (primary N) is 1. The fraction of sp³-hybridized carbons (Fsp3) is 0. The van der Waals surface area contributed by atoms with Gasteiger partial charge in [0.25, 0.3) is 0 Å². The maximum absolute atomic E-state index is 10.9. The summed E-state index contributed by atoms with van der Waals surface area (Å²) in [5.74, 6) is -1.12. The van der Waals surface area contributed by atoms with Crippen LogP contribution in [0.1, 0.15) is 10.5 Å². The van der Waals surface area contributed by atoms with E-state index in [0.29, 0.717) is 5.69 Å². The molecule has 0 fully saturated rings. The largest absolute Gasteiger partial charge is 0.476 e. The van der Waals surface area contributed by atoms with Gasteiger partial charge in [0, 0.05) is 10.0 Å². The zero-order valence-corrected chi connectivity index (χ0v) is 10.3. The van der Waals surface area contributed by atoms with E-state index in [4.69, 9.17) is 10.8 Å². The quantitative estimate of drug-likeness (QED) is 0.892. The first-order valence-electron chi connectivity index (χ1n) is 4.83. The van der Waals surface area contributed by atoms with Gasteiger partial charge in [0.05, 0.1) is 11.4 Å². The second-order valence-electron chi connectivity index (χ2n) is 3.45. The van der Waals surface area contributed by atoms with E-state index in [2.05, 4.69) is 20.9 Å². The smallest absolute Gasteiger partial charge is 0.356 e. The first-order chi connectivity index (χ1) is 8.08. The van der Waals surface area contributed by atoms with Crippen LogP contribution in [0.5, 0.6) is 0 Å². The zero-order valence-electron chi connectivity index (χ0n) is 8.72. The third-order valence-corrected chi connectivity index (χ3v) is 2.80. The Kier molecular flexibility index (Phi) is 3.10. The number of hydrogen-bond acceptors (Lipinski definition) is 3. The molecule has 0 aliphatic rings. The molecule has 3 N–H and O–H groups in total. The number of aromatic nitrogens is 1. The number of pyridine rings is 1. The van der Waals surface area contributed by atoms with Gasteiger partial charge in [-0.15, -0.1) is 0 Å².